The van der Waals surface area contributed by atoms with Crippen molar-refractivity contribution in [2.45, 2.75) is 64.1 Å². The molecule has 0 radical (unpaired) electrons. The Morgan fingerprint density at radius 1 is 1.37 bits per heavy atom. The summed E-state index contributed by atoms with van der Waals surface area (Å²) in [4.78, 5) is 31.4. The highest BCUT2D eigenvalue weighted by molar-refractivity contribution is 6.31. The average molecular weight is 433 g/mol. The zero-order valence-electron chi connectivity index (χ0n) is 17.9. The number of ether oxygens (including phenoxy) is 1. The third kappa shape index (κ3) is 4.13. The first-order chi connectivity index (χ1) is 14.0. The topological polar surface area (TPSA) is 97.0 Å². The predicted octanol–water partition coefficient (Wildman–Crippen LogP) is 3.02. The number of benzene rings is 1. The molecule has 30 heavy (non-hydrogen) atoms. The minimum atomic E-state index is -0.472. The quantitative estimate of drug-likeness (QED) is 0.764. The van der Waals surface area contributed by atoms with E-state index in [1.807, 2.05) is 45.9 Å². The SMILES string of the molecule is CC1(C)CC(=O)N(C[C@@H]2C[C@H]2C(=O)N[C@H]2CC(C)(C)Oc3cccc(Cl)c32)C(N)=N1. The van der Waals surface area contributed by atoms with Crippen LogP contribution in [0.3, 0.4) is 0 Å². The van der Waals surface area contributed by atoms with Crippen molar-refractivity contribution >= 4 is 29.4 Å². The van der Waals surface area contributed by atoms with Crippen molar-refractivity contribution in [3.05, 3.63) is 28.8 Å². The summed E-state index contributed by atoms with van der Waals surface area (Å²) in [5.74, 6) is 0.843. The molecule has 4 rings (SSSR count). The minimum absolute atomic E-state index is 0.0196. The molecule has 2 amide bonds. The van der Waals surface area contributed by atoms with Crippen molar-refractivity contribution in [2.75, 3.05) is 6.54 Å². The van der Waals surface area contributed by atoms with E-state index in [1.165, 1.54) is 4.90 Å². The Morgan fingerprint density at radius 2 is 2.10 bits per heavy atom. The van der Waals surface area contributed by atoms with Gasteiger partial charge in [0.15, 0.2) is 5.96 Å². The van der Waals surface area contributed by atoms with Gasteiger partial charge < -0.3 is 15.8 Å². The van der Waals surface area contributed by atoms with Crippen LogP contribution in [0, 0.1) is 11.8 Å². The highest BCUT2D eigenvalue weighted by Crippen LogP contribution is 2.45. The Hall–Kier alpha value is -2.28. The predicted molar refractivity (Wildman–Crippen MR) is 115 cm³/mol. The number of nitrogens with one attached hydrogen (secondary N) is 1. The number of hydrogen-bond donors (Lipinski definition) is 2. The van der Waals surface area contributed by atoms with Gasteiger partial charge in [0, 0.05) is 29.5 Å². The Labute approximate surface area is 182 Å². The van der Waals surface area contributed by atoms with Crippen LogP contribution in [0.4, 0.5) is 0 Å². The molecule has 0 bridgehead atoms. The van der Waals surface area contributed by atoms with E-state index in [0.29, 0.717) is 30.2 Å². The number of nitrogens with zero attached hydrogens (tertiary/aromatic N) is 2. The molecule has 2 aliphatic heterocycles. The van der Waals surface area contributed by atoms with Gasteiger partial charge in [0.2, 0.25) is 11.8 Å². The second kappa shape index (κ2) is 7.15. The zero-order valence-corrected chi connectivity index (χ0v) is 18.6. The fraction of sp³-hybridized carbons (Fsp3) is 0.591. The highest BCUT2D eigenvalue weighted by atomic mass is 35.5. The van der Waals surface area contributed by atoms with E-state index < -0.39 is 11.1 Å². The van der Waals surface area contributed by atoms with Gasteiger partial charge in [0.25, 0.3) is 0 Å². The van der Waals surface area contributed by atoms with E-state index in [0.717, 1.165) is 12.0 Å². The molecule has 1 aromatic carbocycles. The van der Waals surface area contributed by atoms with Crippen LogP contribution in [0.15, 0.2) is 23.2 Å². The molecule has 2 heterocycles. The van der Waals surface area contributed by atoms with Crippen LogP contribution in [0.1, 0.15) is 58.6 Å². The van der Waals surface area contributed by atoms with Crippen LogP contribution < -0.4 is 15.8 Å². The average Bonchev–Trinajstić information content (AvgIpc) is 3.35. The van der Waals surface area contributed by atoms with Gasteiger partial charge in [-0.05, 0) is 52.2 Å². The largest absolute Gasteiger partial charge is 0.487 e. The lowest BCUT2D eigenvalue weighted by molar-refractivity contribution is -0.130. The molecule has 1 saturated carbocycles. The summed E-state index contributed by atoms with van der Waals surface area (Å²) < 4.78 is 6.04. The molecule has 3 aliphatic rings. The summed E-state index contributed by atoms with van der Waals surface area (Å²) in [6.45, 7) is 8.21. The number of fused-ring (bicyclic) bond motifs is 1. The molecule has 3 N–H and O–H groups in total. The van der Waals surface area contributed by atoms with E-state index in [1.54, 1.807) is 0 Å². The molecule has 1 aromatic rings. The molecule has 0 unspecified atom stereocenters. The lowest BCUT2D eigenvalue weighted by Gasteiger charge is -2.38. The Balaban J connectivity index is 1.42. The summed E-state index contributed by atoms with van der Waals surface area (Å²) in [6.07, 6.45) is 1.68. The van der Waals surface area contributed by atoms with Crippen molar-refractivity contribution in [1.82, 2.24) is 10.2 Å². The maximum absolute atomic E-state index is 13.0. The number of rotatable bonds is 4. The molecular formula is C22H29ClN4O3. The number of halogens is 1. The monoisotopic (exact) mass is 432 g/mol. The minimum Gasteiger partial charge on any atom is -0.487 e. The first-order valence-corrected chi connectivity index (χ1v) is 10.8. The second-order valence-electron chi connectivity index (χ2n) is 9.84. The Morgan fingerprint density at radius 3 is 2.80 bits per heavy atom. The van der Waals surface area contributed by atoms with Crippen molar-refractivity contribution < 1.29 is 14.3 Å². The number of carbonyl (C=O) groups excluding carboxylic acids is 2. The summed E-state index contributed by atoms with van der Waals surface area (Å²) >= 11 is 6.42. The fourth-order valence-electron chi connectivity index (χ4n) is 4.48. The third-order valence-corrected chi connectivity index (χ3v) is 6.34. The maximum Gasteiger partial charge on any atom is 0.231 e. The number of guanidine groups is 1. The Bertz CT molecular complexity index is 927. The first kappa shape index (κ1) is 21.0. The van der Waals surface area contributed by atoms with Gasteiger partial charge in [0.05, 0.1) is 18.0 Å². The van der Waals surface area contributed by atoms with Gasteiger partial charge >= 0.3 is 0 Å². The highest BCUT2D eigenvalue weighted by Gasteiger charge is 2.47. The van der Waals surface area contributed by atoms with Crippen molar-refractivity contribution in [1.29, 1.82) is 0 Å². The number of hydrogen-bond acceptors (Lipinski definition) is 5. The van der Waals surface area contributed by atoms with Crippen LogP contribution in [0.2, 0.25) is 5.02 Å². The molecule has 0 spiro atoms. The van der Waals surface area contributed by atoms with Crippen LogP contribution in [-0.4, -0.2) is 40.4 Å². The first-order valence-electron chi connectivity index (χ1n) is 10.4. The van der Waals surface area contributed by atoms with Gasteiger partial charge in [-0.25, -0.2) is 4.99 Å². The van der Waals surface area contributed by atoms with E-state index in [4.69, 9.17) is 22.1 Å². The number of aliphatic imine (C=N–C) groups is 1. The lowest BCUT2D eigenvalue weighted by Crippen LogP contribution is -2.50. The Kier molecular flexibility index (Phi) is 5.00. The van der Waals surface area contributed by atoms with Crippen LogP contribution >= 0.6 is 11.6 Å². The normalized spacial score (nSPS) is 28.8. The molecule has 162 valence electrons. The molecule has 1 aliphatic carbocycles. The summed E-state index contributed by atoms with van der Waals surface area (Å²) in [5.41, 5.74) is 5.97. The molecule has 8 heteroatoms. The van der Waals surface area contributed by atoms with E-state index >= 15 is 0 Å². The van der Waals surface area contributed by atoms with Crippen molar-refractivity contribution in [3.63, 3.8) is 0 Å². The van der Waals surface area contributed by atoms with Crippen molar-refractivity contribution in [3.8, 4) is 5.75 Å². The molecule has 0 aromatic heterocycles. The van der Waals surface area contributed by atoms with Gasteiger partial charge in [0.1, 0.15) is 11.4 Å². The maximum atomic E-state index is 13.0. The number of amides is 2. The molecule has 7 nitrogen and oxygen atoms in total. The third-order valence-electron chi connectivity index (χ3n) is 6.01. The summed E-state index contributed by atoms with van der Waals surface area (Å²) in [7, 11) is 0. The van der Waals surface area contributed by atoms with E-state index in [9.17, 15) is 9.59 Å². The number of carbonyl (C=O) groups is 2. The fourth-order valence-corrected chi connectivity index (χ4v) is 4.78. The molecule has 3 atom stereocenters. The smallest absolute Gasteiger partial charge is 0.231 e. The number of nitrogens with two attached hydrogens (primary N) is 1. The van der Waals surface area contributed by atoms with E-state index in [2.05, 4.69) is 10.3 Å². The lowest BCUT2D eigenvalue weighted by atomic mass is 9.89. The molecule has 1 fully saturated rings. The van der Waals surface area contributed by atoms with Gasteiger partial charge in [-0.1, -0.05) is 17.7 Å². The standard InChI is InChI=1S/C22H29ClN4O3/c1-21(2)10-17(28)27(20(24)26-21)11-12-8-13(12)19(29)25-15-9-22(3,4)30-16-7-5-6-14(23)18(15)16/h5-7,12-13,15H,8-11H2,1-4H3,(H2,24,26)(H,25,29)/t12-,13+,15-/m0/s1. The van der Waals surface area contributed by atoms with Gasteiger partial charge in [-0.15, -0.1) is 0 Å². The molecular weight excluding hydrogens is 404 g/mol. The molecule has 0 saturated heterocycles. The summed E-state index contributed by atoms with van der Waals surface area (Å²) in [5, 5.41) is 3.76. The van der Waals surface area contributed by atoms with Gasteiger partial charge in [-0.3, -0.25) is 14.5 Å². The zero-order chi connectivity index (χ0) is 21.8. The van der Waals surface area contributed by atoms with Crippen LogP contribution in [-0.2, 0) is 9.59 Å². The van der Waals surface area contributed by atoms with Crippen LogP contribution in [0.5, 0.6) is 5.75 Å². The second-order valence-corrected chi connectivity index (χ2v) is 10.3. The van der Waals surface area contributed by atoms with Gasteiger partial charge in [-0.2, -0.15) is 0 Å². The van der Waals surface area contributed by atoms with Crippen molar-refractivity contribution in [2.24, 2.45) is 22.6 Å². The summed E-state index contributed by atoms with van der Waals surface area (Å²) in [6, 6.07) is 5.33. The van der Waals surface area contributed by atoms with E-state index in [-0.39, 0.29) is 35.7 Å². The van der Waals surface area contributed by atoms with Crippen LogP contribution in [0.25, 0.3) is 0 Å².